The Morgan fingerprint density at radius 2 is 2.00 bits per heavy atom. The molecule has 0 saturated carbocycles. The number of carbonyl (C=O) groups is 1. The molecule has 2 aromatic heterocycles. The van der Waals surface area contributed by atoms with Crippen molar-refractivity contribution in [3.63, 3.8) is 0 Å². The molecule has 6 heteroatoms. The smallest absolute Gasteiger partial charge is 0.356 e. The Hall–Kier alpha value is -1.56. The van der Waals surface area contributed by atoms with Gasteiger partial charge in [-0.15, -0.1) is 11.3 Å². The second kappa shape index (κ2) is 4.61. The van der Waals surface area contributed by atoms with Gasteiger partial charge in [-0.25, -0.2) is 9.78 Å². The van der Waals surface area contributed by atoms with Crippen LogP contribution >= 0.6 is 11.3 Å². The van der Waals surface area contributed by atoms with Gasteiger partial charge in [0.1, 0.15) is 0 Å². The van der Waals surface area contributed by atoms with Gasteiger partial charge in [0.05, 0.1) is 0 Å². The first kappa shape index (κ1) is 11.5. The van der Waals surface area contributed by atoms with Gasteiger partial charge in [0.25, 0.3) is 0 Å². The van der Waals surface area contributed by atoms with Gasteiger partial charge in [-0.1, -0.05) is 12.8 Å². The van der Waals surface area contributed by atoms with E-state index < -0.39 is 5.97 Å². The molecule has 0 aromatic carbocycles. The van der Waals surface area contributed by atoms with Gasteiger partial charge in [-0.3, -0.25) is 4.40 Å². The third-order valence-electron chi connectivity index (χ3n) is 3.35. The summed E-state index contributed by atoms with van der Waals surface area (Å²) >= 11 is 1.47. The van der Waals surface area contributed by atoms with Crippen LogP contribution in [-0.4, -0.2) is 33.6 Å². The lowest BCUT2D eigenvalue weighted by atomic mass is 10.2. The standard InChI is InChI=1S/C12H15N3O2S/c16-11(17)9-10(13-12-15(9)7-8-18-12)14-5-3-1-2-4-6-14/h7-8H,1-6H2,(H,16,17). The predicted octanol–water partition coefficient (Wildman–Crippen LogP) is 2.47. The lowest BCUT2D eigenvalue weighted by Crippen LogP contribution is -2.26. The largest absolute Gasteiger partial charge is 0.476 e. The lowest BCUT2D eigenvalue weighted by molar-refractivity contribution is 0.0690. The maximum Gasteiger partial charge on any atom is 0.356 e. The summed E-state index contributed by atoms with van der Waals surface area (Å²) < 4.78 is 1.67. The third kappa shape index (κ3) is 1.86. The summed E-state index contributed by atoms with van der Waals surface area (Å²) in [5, 5.41) is 11.3. The number of carboxylic acid groups (broad SMARTS) is 1. The summed E-state index contributed by atoms with van der Waals surface area (Å²) in [6.07, 6.45) is 6.45. The topological polar surface area (TPSA) is 57.8 Å². The maximum absolute atomic E-state index is 11.4. The minimum atomic E-state index is -0.903. The van der Waals surface area contributed by atoms with E-state index in [0.29, 0.717) is 11.5 Å². The van der Waals surface area contributed by atoms with Gasteiger partial charge < -0.3 is 10.0 Å². The molecule has 0 spiro atoms. The molecule has 1 aliphatic rings. The molecular weight excluding hydrogens is 250 g/mol. The molecule has 2 aromatic rings. The molecule has 1 fully saturated rings. The number of aromatic carboxylic acids is 1. The molecule has 18 heavy (non-hydrogen) atoms. The summed E-state index contributed by atoms with van der Waals surface area (Å²) in [6.45, 7) is 1.82. The summed E-state index contributed by atoms with van der Waals surface area (Å²) in [5.74, 6) is -0.267. The average Bonchev–Trinajstić information content (AvgIpc) is 2.79. The minimum Gasteiger partial charge on any atom is -0.476 e. The summed E-state index contributed by atoms with van der Waals surface area (Å²) in [7, 11) is 0. The second-order valence-corrected chi connectivity index (χ2v) is 5.42. The normalized spacial score (nSPS) is 17.0. The van der Waals surface area contributed by atoms with Crippen LogP contribution in [0.4, 0.5) is 5.82 Å². The number of thiazole rings is 1. The van der Waals surface area contributed by atoms with Crippen LogP contribution in [0.5, 0.6) is 0 Å². The van der Waals surface area contributed by atoms with Crippen molar-refractivity contribution in [3.05, 3.63) is 17.3 Å². The van der Waals surface area contributed by atoms with Crippen molar-refractivity contribution >= 4 is 28.1 Å². The second-order valence-electron chi connectivity index (χ2n) is 4.55. The van der Waals surface area contributed by atoms with Gasteiger partial charge in [-0.05, 0) is 12.8 Å². The molecule has 3 heterocycles. The van der Waals surface area contributed by atoms with E-state index in [1.165, 1.54) is 24.2 Å². The van der Waals surface area contributed by atoms with Gasteiger partial charge in [0.15, 0.2) is 16.5 Å². The fraction of sp³-hybridized carbons (Fsp3) is 0.500. The Kier molecular flexibility index (Phi) is 2.95. The van der Waals surface area contributed by atoms with Gasteiger partial charge in [0.2, 0.25) is 0 Å². The van der Waals surface area contributed by atoms with Crippen molar-refractivity contribution in [2.45, 2.75) is 25.7 Å². The zero-order valence-electron chi connectivity index (χ0n) is 10.0. The molecule has 0 unspecified atom stereocenters. The van der Waals surface area contributed by atoms with Gasteiger partial charge >= 0.3 is 5.97 Å². The number of hydrogen-bond donors (Lipinski definition) is 1. The molecule has 0 radical (unpaired) electrons. The highest BCUT2D eigenvalue weighted by Gasteiger charge is 2.24. The van der Waals surface area contributed by atoms with Crippen LogP contribution in [-0.2, 0) is 0 Å². The highest BCUT2D eigenvalue weighted by atomic mass is 32.1. The first-order valence-electron chi connectivity index (χ1n) is 6.21. The molecule has 3 rings (SSSR count). The number of carboxylic acids is 1. The Balaban J connectivity index is 2.06. The molecule has 0 atom stereocenters. The number of nitrogens with zero attached hydrogens (tertiary/aromatic N) is 3. The van der Waals surface area contributed by atoms with Crippen molar-refractivity contribution in [1.29, 1.82) is 0 Å². The Bertz CT molecular complexity index is 567. The van der Waals surface area contributed by atoms with Crippen molar-refractivity contribution < 1.29 is 9.90 Å². The molecule has 1 saturated heterocycles. The lowest BCUT2D eigenvalue weighted by Gasteiger charge is -2.20. The SMILES string of the molecule is O=C(O)c1c(N2CCCCCC2)nc2sccn12. The van der Waals surface area contributed by atoms with E-state index in [0.717, 1.165) is 30.9 Å². The van der Waals surface area contributed by atoms with Crippen LogP contribution in [0.1, 0.15) is 36.2 Å². The van der Waals surface area contributed by atoms with Crippen LogP contribution in [0.2, 0.25) is 0 Å². The van der Waals surface area contributed by atoms with Crippen LogP contribution < -0.4 is 4.90 Å². The molecule has 1 N–H and O–H groups in total. The first-order valence-corrected chi connectivity index (χ1v) is 7.09. The van der Waals surface area contributed by atoms with Gasteiger partial charge in [0, 0.05) is 24.7 Å². The van der Waals surface area contributed by atoms with E-state index in [9.17, 15) is 9.90 Å². The molecule has 0 aliphatic carbocycles. The Morgan fingerprint density at radius 1 is 1.28 bits per heavy atom. The molecular formula is C12H15N3O2S. The molecule has 0 bridgehead atoms. The number of imidazole rings is 1. The van der Waals surface area contributed by atoms with Crippen LogP contribution in [0.3, 0.4) is 0 Å². The number of hydrogen-bond acceptors (Lipinski definition) is 4. The number of anilines is 1. The number of fused-ring (bicyclic) bond motifs is 1. The van der Waals surface area contributed by atoms with E-state index in [-0.39, 0.29) is 0 Å². The monoisotopic (exact) mass is 265 g/mol. The van der Waals surface area contributed by atoms with Crippen molar-refractivity contribution in [3.8, 4) is 0 Å². The molecule has 0 amide bonds. The number of aromatic nitrogens is 2. The zero-order chi connectivity index (χ0) is 12.5. The van der Waals surface area contributed by atoms with E-state index in [2.05, 4.69) is 9.88 Å². The summed E-state index contributed by atoms with van der Waals surface area (Å²) in [5.41, 5.74) is 0.299. The minimum absolute atomic E-state index is 0.299. The van der Waals surface area contributed by atoms with E-state index in [1.54, 1.807) is 10.6 Å². The van der Waals surface area contributed by atoms with E-state index in [1.807, 2.05) is 5.38 Å². The highest BCUT2D eigenvalue weighted by molar-refractivity contribution is 7.15. The predicted molar refractivity (Wildman–Crippen MR) is 70.7 cm³/mol. The summed E-state index contributed by atoms with van der Waals surface area (Å²) in [6, 6.07) is 0. The van der Waals surface area contributed by atoms with Crippen LogP contribution in [0.15, 0.2) is 11.6 Å². The summed E-state index contributed by atoms with van der Waals surface area (Å²) in [4.78, 5) is 18.8. The fourth-order valence-electron chi connectivity index (χ4n) is 2.48. The molecule has 5 nitrogen and oxygen atoms in total. The quantitative estimate of drug-likeness (QED) is 0.906. The highest BCUT2D eigenvalue weighted by Crippen LogP contribution is 2.26. The van der Waals surface area contributed by atoms with E-state index >= 15 is 0 Å². The fourth-order valence-corrected chi connectivity index (χ4v) is 3.19. The van der Waals surface area contributed by atoms with Crippen molar-refractivity contribution in [2.75, 3.05) is 18.0 Å². The molecule has 96 valence electrons. The van der Waals surface area contributed by atoms with Crippen LogP contribution in [0.25, 0.3) is 4.96 Å². The van der Waals surface area contributed by atoms with Gasteiger partial charge in [-0.2, -0.15) is 0 Å². The Morgan fingerprint density at radius 3 is 2.67 bits per heavy atom. The van der Waals surface area contributed by atoms with Crippen molar-refractivity contribution in [1.82, 2.24) is 9.38 Å². The maximum atomic E-state index is 11.4. The third-order valence-corrected chi connectivity index (χ3v) is 4.11. The average molecular weight is 265 g/mol. The molecule has 1 aliphatic heterocycles. The van der Waals surface area contributed by atoms with E-state index in [4.69, 9.17) is 0 Å². The van der Waals surface area contributed by atoms with Crippen LogP contribution in [0, 0.1) is 0 Å². The number of rotatable bonds is 2. The van der Waals surface area contributed by atoms with Crippen molar-refractivity contribution in [2.24, 2.45) is 0 Å². The first-order chi connectivity index (χ1) is 8.77. The Labute approximate surface area is 109 Å². The zero-order valence-corrected chi connectivity index (χ0v) is 10.8.